The number of ketones is 5. The third-order valence-corrected chi connectivity index (χ3v) is 11.4. The molecule has 2 saturated heterocycles. The molecule has 12 atom stereocenters. The summed E-state index contributed by atoms with van der Waals surface area (Å²) in [4.78, 5) is 70.9. The fourth-order valence-electron chi connectivity index (χ4n) is 7.68. The highest BCUT2D eigenvalue weighted by molar-refractivity contribution is 6.42. The summed E-state index contributed by atoms with van der Waals surface area (Å²) >= 11 is 0. The lowest BCUT2D eigenvalue weighted by molar-refractivity contribution is -0.265. The number of hydrogen-bond donors (Lipinski definition) is 15. The van der Waals surface area contributed by atoms with Crippen LogP contribution in [0.15, 0.2) is 106 Å². The Kier molecular flexibility index (Phi) is 13.6. The van der Waals surface area contributed by atoms with Crippen LogP contribution in [0.5, 0.6) is 11.5 Å². The van der Waals surface area contributed by atoms with Gasteiger partial charge in [0.05, 0.1) is 24.4 Å². The van der Waals surface area contributed by atoms with Gasteiger partial charge >= 0.3 is 0 Å². The van der Waals surface area contributed by atoms with Crippen LogP contribution in [0.1, 0.15) is 11.1 Å². The van der Waals surface area contributed by atoms with Crippen LogP contribution in [0.25, 0.3) is 12.2 Å². The van der Waals surface area contributed by atoms with E-state index in [1.54, 1.807) is 0 Å². The van der Waals surface area contributed by atoms with Crippen molar-refractivity contribution in [2.75, 3.05) is 13.2 Å². The van der Waals surface area contributed by atoms with E-state index in [-0.39, 0.29) is 28.7 Å². The predicted octanol–water partition coefficient (Wildman–Crippen LogP) is -3.79. The number of carbonyl (C=O) groups excluding carboxylic acids is 5. The number of phenols is 2. The Balaban J connectivity index is 1.59. The summed E-state index contributed by atoms with van der Waals surface area (Å²) in [5, 5.41) is 162. The molecule has 12 unspecified atom stereocenters. The number of Topliss-reactive ketones (excluding diaryl/α,β-unsaturated/α-hetero) is 3. The molecule has 0 spiro atoms. The number of aliphatic hydroxyl groups is 13. The predicted molar refractivity (Wildman–Crippen MR) is 214 cm³/mol. The minimum absolute atomic E-state index is 0.0686. The Hall–Kier alpha value is -6.25. The van der Waals surface area contributed by atoms with Gasteiger partial charge in [-0.1, -0.05) is 36.4 Å². The van der Waals surface area contributed by atoms with Crippen molar-refractivity contribution in [3.05, 3.63) is 117 Å². The van der Waals surface area contributed by atoms with Gasteiger partial charge in [0.25, 0.3) is 0 Å². The maximum absolute atomic E-state index is 14.5. The highest BCUT2D eigenvalue weighted by atomic mass is 16.6. The second kappa shape index (κ2) is 18.3. The standard InChI is InChI=1S/C43H42O22/c44-14-24-30(52)32(54)34(56)40(64-24)42(62)36(58)20(28(50)26(38(42)60)22(48)11-5-16-1-7-18(46)8-2-16)13-21-29(51)27(23(49)12-6-17-3-9-19(47)10-4-17)39(61)43(63,37(21)59)41-35(57)33(55)31(53)25(15-45)65-41/h1-13,24-25,30-35,40-41,44-47,52-58,60-63H,14-15H2/b11-5+,12-6+,21-13+. The molecule has 65 heavy (non-hydrogen) atoms. The molecule has 2 aromatic rings. The normalized spacial score (nSPS) is 34.4. The van der Waals surface area contributed by atoms with E-state index in [1.807, 2.05) is 0 Å². The Labute approximate surface area is 365 Å². The van der Waals surface area contributed by atoms with Gasteiger partial charge in [-0.25, -0.2) is 0 Å². The van der Waals surface area contributed by atoms with Gasteiger partial charge in [0, 0.05) is 0 Å². The molecule has 6 rings (SSSR count). The molecule has 22 nitrogen and oxygen atoms in total. The first-order valence-electron chi connectivity index (χ1n) is 19.3. The van der Waals surface area contributed by atoms with Crippen LogP contribution in [0.2, 0.25) is 0 Å². The number of phenolic OH excluding ortho intramolecular Hbond substituents is 2. The molecule has 0 aromatic heterocycles. The minimum atomic E-state index is -3.89. The average Bonchev–Trinajstić information content (AvgIpc) is 3.28. The summed E-state index contributed by atoms with van der Waals surface area (Å²) in [5.74, 6) is -14.7. The Morgan fingerprint density at radius 3 is 1.34 bits per heavy atom. The van der Waals surface area contributed by atoms with Crippen LogP contribution in [0, 0.1) is 0 Å². The molecule has 22 heteroatoms. The second-order valence-corrected chi connectivity index (χ2v) is 15.4. The van der Waals surface area contributed by atoms with Crippen LogP contribution < -0.4 is 0 Å². The molecule has 2 aliphatic heterocycles. The van der Waals surface area contributed by atoms with E-state index in [0.717, 1.165) is 12.2 Å². The van der Waals surface area contributed by atoms with Crippen molar-refractivity contribution in [1.29, 1.82) is 0 Å². The van der Waals surface area contributed by atoms with Gasteiger partial charge in [-0.2, -0.15) is 0 Å². The first-order chi connectivity index (χ1) is 30.5. The molecule has 2 aromatic carbocycles. The molecular formula is C43H42O22. The molecule has 0 amide bonds. The molecule has 2 aliphatic carbocycles. The van der Waals surface area contributed by atoms with Crippen molar-refractivity contribution in [3.8, 4) is 11.5 Å². The van der Waals surface area contributed by atoms with Crippen LogP contribution in [0.4, 0.5) is 0 Å². The molecule has 2 heterocycles. The van der Waals surface area contributed by atoms with E-state index in [9.17, 15) is 101 Å². The number of ether oxygens (including phenoxy) is 2. The van der Waals surface area contributed by atoms with Gasteiger partial charge in [-0.15, -0.1) is 0 Å². The van der Waals surface area contributed by atoms with Crippen molar-refractivity contribution in [3.63, 3.8) is 0 Å². The highest BCUT2D eigenvalue weighted by Gasteiger charge is 2.64. The maximum atomic E-state index is 14.5. The Morgan fingerprint density at radius 2 is 0.923 bits per heavy atom. The average molecular weight is 911 g/mol. The number of benzene rings is 2. The van der Waals surface area contributed by atoms with Crippen LogP contribution in [0.3, 0.4) is 0 Å². The van der Waals surface area contributed by atoms with E-state index in [1.165, 1.54) is 48.5 Å². The van der Waals surface area contributed by atoms with Crippen LogP contribution >= 0.6 is 0 Å². The fraction of sp³-hybridized carbons (Fsp3) is 0.326. The van der Waals surface area contributed by atoms with Crippen LogP contribution in [-0.4, -0.2) is 191 Å². The highest BCUT2D eigenvalue weighted by Crippen LogP contribution is 2.45. The lowest BCUT2D eigenvalue weighted by atomic mass is 9.70. The van der Waals surface area contributed by atoms with E-state index in [0.29, 0.717) is 12.2 Å². The van der Waals surface area contributed by atoms with Crippen LogP contribution in [-0.2, 0) is 33.4 Å². The summed E-state index contributed by atoms with van der Waals surface area (Å²) in [6.07, 6.45) is -19.9. The molecule has 0 radical (unpaired) electrons. The quantitative estimate of drug-likeness (QED) is 0.0759. The first-order valence-corrected chi connectivity index (χ1v) is 19.3. The number of rotatable bonds is 11. The fourth-order valence-corrected chi connectivity index (χ4v) is 7.68. The molecule has 346 valence electrons. The third kappa shape index (κ3) is 8.22. The van der Waals surface area contributed by atoms with Crippen molar-refractivity contribution in [1.82, 2.24) is 0 Å². The number of aromatic hydroxyl groups is 2. The monoisotopic (exact) mass is 910 g/mol. The SMILES string of the molecule is O=C(/C=C/c1ccc(O)cc1)C1=C(O)C(O)(C2OC(CO)C(O)C(O)C2O)C(=O)/C(=C/C2=C(O)C(O)(C3OC(CO)C(O)C(O)C3O)C(O)=C(C(=O)/C=C/c3ccc(O)cc3)C2=O)C1=O. The van der Waals surface area contributed by atoms with Crippen molar-refractivity contribution < 1.29 is 110 Å². The number of carbonyl (C=O) groups is 5. The van der Waals surface area contributed by atoms with Gasteiger partial charge < -0.3 is 86.1 Å². The second-order valence-electron chi connectivity index (χ2n) is 15.4. The molecule has 0 saturated carbocycles. The number of aliphatic hydroxyl groups excluding tert-OH is 11. The summed E-state index contributed by atoms with van der Waals surface area (Å²) < 4.78 is 10.7. The van der Waals surface area contributed by atoms with E-state index in [4.69, 9.17) is 9.47 Å². The van der Waals surface area contributed by atoms with Crippen molar-refractivity contribution in [2.24, 2.45) is 0 Å². The summed E-state index contributed by atoms with van der Waals surface area (Å²) in [7, 11) is 0. The topological polar surface area (TPSA) is 407 Å². The third-order valence-electron chi connectivity index (χ3n) is 11.4. The van der Waals surface area contributed by atoms with Crippen molar-refractivity contribution in [2.45, 2.75) is 72.2 Å². The zero-order valence-electron chi connectivity index (χ0n) is 33.3. The number of hydrogen-bond acceptors (Lipinski definition) is 22. The first kappa shape index (κ1) is 48.2. The Bertz CT molecular complexity index is 2460. The molecular weight excluding hydrogens is 868 g/mol. The van der Waals surface area contributed by atoms with Gasteiger partial charge in [-0.05, 0) is 53.6 Å². The smallest absolute Gasteiger partial charge is 0.214 e. The van der Waals surface area contributed by atoms with E-state index < -0.39 is 154 Å². The molecule has 0 bridgehead atoms. The van der Waals surface area contributed by atoms with Gasteiger partial charge in [0.1, 0.15) is 101 Å². The van der Waals surface area contributed by atoms with Gasteiger partial charge in [0.2, 0.25) is 28.6 Å². The lowest BCUT2D eigenvalue weighted by Gasteiger charge is -2.47. The summed E-state index contributed by atoms with van der Waals surface area (Å²) in [6, 6.07) is 9.97. The Morgan fingerprint density at radius 1 is 0.538 bits per heavy atom. The van der Waals surface area contributed by atoms with Gasteiger partial charge in [0.15, 0.2) is 11.6 Å². The molecule has 4 aliphatic rings. The molecule has 15 N–H and O–H groups in total. The minimum Gasteiger partial charge on any atom is -0.508 e. The zero-order chi connectivity index (χ0) is 48.0. The summed E-state index contributed by atoms with van der Waals surface area (Å²) in [6.45, 7) is -2.32. The number of allylic oxidation sites excluding steroid dienone is 6. The largest absolute Gasteiger partial charge is 0.508 e. The summed E-state index contributed by atoms with van der Waals surface area (Å²) in [5.41, 5.74) is -13.4. The van der Waals surface area contributed by atoms with E-state index in [2.05, 4.69) is 0 Å². The lowest BCUT2D eigenvalue weighted by Crippen LogP contribution is -2.69. The van der Waals surface area contributed by atoms with Crippen molar-refractivity contribution >= 4 is 41.1 Å². The van der Waals surface area contributed by atoms with Gasteiger partial charge in [-0.3, -0.25) is 24.0 Å². The van der Waals surface area contributed by atoms with E-state index >= 15 is 0 Å². The zero-order valence-corrected chi connectivity index (χ0v) is 33.3. The molecule has 2 fully saturated rings. The maximum Gasteiger partial charge on any atom is 0.214 e.